The summed E-state index contributed by atoms with van der Waals surface area (Å²) in [7, 11) is 7.06. The number of likely N-dealkylation sites (N-methyl/N-ethyl adjacent to an activating group) is 5. The lowest BCUT2D eigenvalue weighted by molar-refractivity contribution is -0.153. The van der Waals surface area contributed by atoms with Gasteiger partial charge in [0.1, 0.15) is 54.4 Å². The topological polar surface area (TPSA) is 270 Å². The second kappa shape index (κ2) is 33.1. The Morgan fingerprint density at radius 3 is 1.88 bits per heavy atom. The number of likely N-dealkylation sites (tertiary alicyclic amines) is 3. The fourth-order valence-electron chi connectivity index (χ4n) is 12.8. The maximum Gasteiger partial charge on any atom is 0.248 e. The molecule has 3 heterocycles. The fraction of sp³-hybridized carbons (Fsp3) is 0.632. The molecule has 0 aromatic heterocycles. The molecule has 0 spiro atoms. The summed E-state index contributed by atoms with van der Waals surface area (Å²) in [6, 6.07) is 6.38. The summed E-state index contributed by atoms with van der Waals surface area (Å²) in [5.74, 6) is -6.54. The Balaban J connectivity index is 1.20. The molecule has 2 aromatic carbocycles. The van der Waals surface area contributed by atoms with Crippen LogP contribution in [0.15, 0.2) is 66.7 Å². The van der Waals surface area contributed by atoms with Gasteiger partial charge in [-0.1, -0.05) is 93.4 Å². The van der Waals surface area contributed by atoms with Crippen molar-refractivity contribution in [2.45, 2.75) is 213 Å². The Kier molecular flexibility index (Phi) is 26.9. The van der Waals surface area contributed by atoms with Gasteiger partial charge in [-0.25, -0.2) is 0 Å². The van der Waals surface area contributed by atoms with Crippen LogP contribution in [0.2, 0.25) is 0 Å². The van der Waals surface area contributed by atoms with Crippen LogP contribution < -0.4 is 16.0 Å². The zero-order chi connectivity index (χ0) is 68.0. The highest BCUT2D eigenvalue weighted by Gasteiger charge is 2.53. The maximum atomic E-state index is 14.7. The van der Waals surface area contributed by atoms with Gasteiger partial charge in [0, 0.05) is 79.7 Å². The van der Waals surface area contributed by atoms with Gasteiger partial charge in [-0.05, 0) is 116 Å². The van der Waals surface area contributed by atoms with E-state index in [9.17, 15) is 57.8 Å². The third kappa shape index (κ3) is 19.0. The number of aryl methyl sites for hydroxylation is 1. The molecule has 0 bridgehead atoms. The van der Waals surface area contributed by atoms with Gasteiger partial charge in [0.05, 0.1) is 12.6 Å². The van der Waals surface area contributed by atoms with E-state index in [1.54, 1.807) is 23.6 Å². The summed E-state index contributed by atoms with van der Waals surface area (Å²) >= 11 is 0. The second-order valence-electron chi connectivity index (χ2n) is 26.6. The van der Waals surface area contributed by atoms with Gasteiger partial charge in [0.15, 0.2) is 0 Å². The molecular formula is C68H103N11O12. The third-order valence-electron chi connectivity index (χ3n) is 18.1. The fourth-order valence-corrected chi connectivity index (χ4v) is 12.8. The Morgan fingerprint density at radius 2 is 1.30 bits per heavy atom. The summed E-state index contributed by atoms with van der Waals surface area (Å²) in [6.45, 7) is 23.4. The van der Waals surface area contributed by atoms with Crippen LogP contribution in [0, 0.1) is 18.8 Å². The van der Waals surface area contributed by atoms with Gasteiger partial charge in [-0.2, -0.15) is 0 Å². The van der Waals surface area contributed by atoms with Crippen molar-refractivity contribution in [3.8, 4) is 0 Å². The molecule has 91 heavy (non-hydrogen) atoms. The molecule has 3 aliphatic rings. The van der Waals surface area contributed by atoms with Gasteiger partial charge in [-0.3, -0.25) is 52.7 Å². The van der Waals surface area contributed by atoms with E-state index in [1.165, 1.54) is 70.7 Å². The van der Waals surface area contributed by atoms with E-state index in [-0.39, 0.29) is 55.4 Å². The summed E-state index contributed by atoms with van der Waals surface area (Å²) in [6.07, 6.45) is 3.07. The number of allylic oxidation sites excluding steroid dienone is 1. The minimum atomic E-state index is -1.60. The average Bonchev–Trinajstić information content (AvgIpc) is 1.63. The minimum absolute atomic E-state index is 0.0863. The van der Waals surface area contributed by atoms with Crippen LogP contribution in [-0.2, 0) is 65.6 Å². The van der Waals surface area contributed by atoms with Crippen molar-refractivity contribution in [2.24, 2.45) is 11.8 Å². The molecule has 2 unspecified atom stereocenters. The predicted octanol–water partition coefficient (Wildman–Crippen LogP) is 3.47. The molecule has 3 aliphatic heterocycles. The van der Waals surface area contributed by atoms with Gasteiger partial charge >= 0.3 is 0 Å². The van der Waals surface area contributed by atoms with Crippen molar-refractivity contribution < 1.29 is 57.8 Å². The highest BCUT2D eigenvalue weighted by atomic mass is 16.3. The van der Waals surface area contributed by atoms with Crippen molar-refractivity contribution in [3.05, 3.63) is 83.4 Å². The Morgan fingerprint density at radius 1 is 0.670 bits per heavy atom. The highest BCUT2D eigenvalue weighted by Crippen LogP contribution is 2.35. The first-order valence-electron chi connectivity index (χ1n) is 32.2. The molecule has 4 N–H and O–H groups in total. The predicted molar refractivity (Wildman–Crippen MR) is 346 cm³/mol. The SMILES string of the molecule is C=C(C)CCC(=O)N[C@@H](Cc1ccccc1)C(=O)N(C)[C@@H](CC(C)C)C(=O)N(C)[C@H](C(=O)N(C)CC(=O)N[C@H](C(=O)N(C)[C@@H](C)C(=O)N[C@@H](C)C(=O)N(C)[C@H]1CC(C)N([C@H]2CC(C)N([C@@H](Cc3cccc(C)c3)C(=O)N3CCCCC3)C2=O)C1=O)[C@@H](C)O)C(C)C. The number of nitrogens with zero attached hydrogens (tertiary/aromatic N) is 8. The van der Waals surface area contributed by atoms with Crippen LogP contribution in [0.4, 0.5) is 0 Å². The van der Waals surface area contributed by atoms with Crippen molar-refractivity contribution >= 4 is 65.0 Å². The molecule has 0 aliphatic carbocycles. The molecule has 11 amide bonds. The molecule has 502 valence electrons. The Hall–Kier alpha value is -7.69. The first-order valence-corrected chi connectivity index (χ1v) is 32.2. The summed E-state index contributed by atoms with van der Waals surface area (Å²) in [4.78, 5) is 167. The normalized spacial score (nSPS) is 20.1. The average molecular weight is 1270 g/mol. The van der Waals surface area contributed by atoms with Crippen LogP contribution in [0.1, 0.15) is 137 Å². The second-order valence-corrected chi connectivity index (χ2v) is 26.6. The number of aliphatic hydroxyl groups is 1. The van der Waals surface area contributed by atoms with Gasteiger partial charge < -0.3 is 60.3 Å². The smallest absolute Gasteiger partial charge is 0.248 e. The largest absolute Gasteiger partial charge is 0.391 e. The van der Waals surface area contributed by atoms with Crippen LogP contribution in [0.25, 0.3) is 0 Å². The van der Waals surface area contributed by atoms with E-state index in [1.807, 2.05) is 101 Å². The van der Waals surface area contributed by atoms with Gasteiger partial charge in [-0.15, -0.1) is 6.58 Å². The number of carbonyl (C=O) groups excluding carboxylic acids is 11. The van der Waals surface area contributed by atoms with Gasteiger partial charge in [0.25, 0.3) is 0 Å². The van der Waals surface area contributed by atoms with E-state index in [4.69, 9.17) is 0 Å². The number of carbonyl (C=O) groups is 11. The lowest BCUT2D eigenvalue weighted by Gasteiger charge is -2.38. The third-order valence-corrected chi connectivity index (χ3v) is 18.1. The molecule has 23 heteroatoms. The molecule has 3 fully saturated rings. The lowest BCUT2D eigenvalue weighted by Crippen LogP contribution is -2.60. The number of amides is 11. The van der Waals surface area contributed by atoms with E-state index >= 15 is 0 Å². The van der Waals surface area contributed by atoms with E-state index in [0.29, 0.717) is 32.4 Å². The van der Waals surface area contributed by atoms with Crippen molar-refractivity contribution in [1.29, 1.82) is 0 Å². The first-order chi connectivity index (χ1) is 42.7. The van der Waals surface area contributed by atoms with E-state index < -0.39 is 126 Å². The zero-order valence-corrected chi connectivity index (χ0v) is 56.7. The van der Waals surface area contributed by atoms with Crippen molar-refractivity contribution in [3.63, 3.8) is 0 Å². The number of nitrogens with one attached hydrogen (secondary N) is 3. The molecule has 0 radical (unpaired) electrons. The van der Waals surface area contributed by atoms with E-state index in [0.717, 1.165) is 51.3 Å². The van der Waals surface area contributed by atoms with Crippen LogP contribution in [-0.4, -0.2) is 237 Å². The summed E-state index contributed by atoms with van der Waals surface area (Å²) in [5.41, 5.74) is 3.57. The standard InChI is InChI=1S/C68H103N11O12/c1-40(2)29-30-56(81)70-51(37-49-26-20-18-21-27-49)62(85)75(16)52(33-41(3)4)63(86)76(17)59(42(5)6)68(91)72(13)39-57(82)71-58(48(12)80)67(90)73(14)47(11)60(83)69-46(10)61(84)74(15)53-35-44(8)78(65(53)88)54-36-45(9)79(66(54)89)55(38-50-28-24-25-43(7)34-50)64(87)77-31-22-19-23-32-77/h18,20-21,24-28,34,41-42,44-48,51-55,58-59,80H,1,19,22-23,29-33,35-39H2,2-17H3,(H,69,83)(H,70,81)(H,71,82)/t44?,45?,46-,47-,48+,51-,52-,53-,54-,55-,58-,59-/m0/s1. The van der Waals surface area contributed by atoms with Gasteiger partial charge in [0.2, 0.25) is 65.0 Å². The number of hydrogen-bond acceptors (Lipinski definition) is 12. The number of hydrogen-bond donors (Lipinski definition) is 4. The zero-order valence-electron chi connectivity index (χ0n) is 56.7. The summed E-state index contributed by atoms with van der Waals surface area (Å²) < 4.78 is 0. The molecule has 2 aromatic rings. The highest BCUT2D eigenvalue weighted by molar-refractivity contribution is 5.99. The number of piperidine rings is 1. The van der Waals surface area contributed by atoms with Crippen LogP contribution in [0.5, 0.6) is 0 Å². The molecular weight excluding hydrogens is 1160 g/mol. The number of rotatable bonds is 29. The Bertz CT molecular complexity index is 2950. The quantitative estimate of drug-likeness (QED) is 0.0854. The monoisotopic (exact) mass is 1270 g/mol. The molecule has 5 rings (SSSR count). The molecule has 3 saturated heterocycles. The number of aliphatic hydroxyl groups excluding tert-OH is 1. The number of benzene rings is 2. The van der Waals surface area contributed by atoms with Crippen molar-refractivity contribution in [1.82, 2.24) is 55.1 Å². The molecule has 0 saturated carbocycles. The molecule has 12 atom stereocenters. The Labute approximate surface area is 539 Å². The van der Waals surface area contributed by atoms with Crippen molar-refractivity contribution in [2.75, 3.05) is 54.9 Å². The lowest BCUT2D eigenvalue weighted by atomic mass is 9.96. The van der Waals surface area contributed by atoms with Crippen LogP contribution in [0.3, 0.4) is 0 Å². The minimum Gasteiger partial charge on any atom is -0.391 e. The maximum absolute atomic E-state index is 14.7. The molecule has 23 nitrogen and oxygen atoms in total. The van der Waals surface area contributed by atoms with E-state index in [2.05, 4.69) is 22.5 Å². The van der Waals surface area contributed by atoms with Crippen LogP contribution >= 0.6 is 0 Å². The first kappa shape index (κ1) is 74.0. The summed E-state index contributed by atoms with van der Waals surface area (Å²) in [5, 5.41) is 18.9.